The molecule has 4 aromatic rings. The molecule has 0 fully saturated rings. The van der Waals surface area contributed by atoms with Gasteiger partial charge in [-0.1, -0.05) is 13.8 Å². The molecule has 1 aliphatic rings. The van der Waals surface area contributed by atoms with Crippen molar-refractivity contribution in [1.82, 2.24) is 10.3 Å². The lowest BCUT2D eigenvalue weighted by Gasteiger charge is -2.14. The zero-order valence-corrected chi connectivity index (χ0v) is 18.7. The van der Waals surface area contributed by atoms with Gasteiger partial charge < -0.3 is 5.32 Å². The maximum atomic E-state index is 13.9. The second-order valence-electron chi connectivity index (χ2n) is 8.06. The first-order valence-electron chi connectivity index (χ1n) is 10.2. The summed E-state index contributed by atoms with van der Waals surface area (Å²) in [6.45, 7) is 4.06. The molecule has 0 saturated heterocycles. The van der Waals surface area contributed by atoms with Gasteiger partial charge in [-0.25, -0.2) is 8.78 Å². The van der Waals surface area contributed by atoms with Crippen molar-refractivity contribution in [1.29, 1.82) is 0 Å². The van der Waals surface area contributed by atoms with Gasteiger partial charge in [0.2, 0.25) is 0 Å². The monoisotopic (exact) mass is 454 g/mol. The molecule has 3 nitrogen and oxygen atoms in total. The van der Waals surface area contributed by atoms with Crippen LogP contribution in [0.1, 0.15) is 57.9 Å². The van der Waals surface area contributed by atoms with Crippen LogP contribution in [-0.2, 0) is 6.42 Å². The zero-order chi connectivity index (χ0) is 21.7. The van der Waals surface area contributed by atoms with Crippen LogP contribution in [0, 0.1) is 11.6 Å². The Bertz CT molecular complexity index is 1290. The Kier molecular flexibility index (Phi) is 5.10. The molecule has 0 unspecified atom stereocenters. The van der Waals surface area contributed by atoms with Gasteiger partial charge >= 0.3 is 0 Å². The highest BCUT2D eigenvalue weighted by molar-refractivity contribution is 7.21. The summed E-state index contributed by atoms with van der Waals surface area (Å²) in [7, 11) is 0. The minimum Gasteiger partial charge on any atom is -0.344 e. The van der Waals surface area contributed by atoms with Crippen LogP contribution in [0.4, 0.5) is 8.78 Å². The molecule has 1 aromatic carbocycles. The highest BCUT2D eigenvalue weighted by atomic mass is 32.1. The Labute approximate surface area is 186 Å². The van der Waals surface area contributed by atoms with Gasteiger partial charge in [0.15, 0.2) is 0 Å². The molecular weight excluding hydrogens is 434 g/mol. The number of thiophene rings is 2. The average molecular weight is 455 g/mol. The Morgan fingerprint density at radius 1 is 1.19 bits per heavy atom. The van der Waals surface area contributed by atoms with Crippen molar-refractivity contribution >= 4 is 38.8 Å². The third-order valence-corrected chi connectivity index (χ3v) is 7.91. The van der Waals surface area contributed by atoms with Gasteiger partial charge in [0.05, 0.1) is 21.1 Å². The Morgan fingerprint density at radius 3 is 2.71 bits per heavy atom. The topological polar surface area (TPSA) is 42.0 Å². The fourth-order valence-electron chi connectivity index (χ4n) is 4.32. The normalized spacial score (nSPS) is 15.6. The van der Waals surface area contributed by atoms with E-state index >= 15 is 0 Å². The number of pyridine rings is 1. The van der Waals surface area contributed by atoms with E-state index in [1.165, 1.54) is 33.9 Å². The first-order chi connectivity index (χ1) is 14.9. The second-order valence-corrected chi connectivity index (χ2v) is 10.1. The summed E-state index contributed by atoms with van der Waals surface area (Å²) < 4.78 is 28.5. The first-order valence-corrected chi connectivity index (χ1v) is 11.9. The Morgan fingerprint density at radius 2 is 1.97 bits per heavy atom. The highest BCUT2D eigenvalue weighted by Crippen LogP contribution is 2.41. The predicted octanol–water partition coefficient (Wildman–Crippen LogP) is 6.84. The molecule has 5 rings (SSSR count). The van der Waals surface area contributed by atoms with E-state index in [1.54, 1.807) is 23.6 Å². The second kappa shape index (κ2) is 7.80. The molecule has 0 bridgehead atoms. The van der Waals surface area contributed by atoms with E-state index in [0.29, 0.717) is 16.0 Å². The highest BCUT2D eigenvalue weighted by Gasteiger charge is 2.29. The molecule has 1 aliphatic carbocycles. The van der Waals surface area contributed by atoms with E-state index in [-0.39, 0.29) is 17.9 Å². The number of fused-ring (bicyclic) bond motifs is 2. The van der Waals surface area contributed by atoms with Crippen molar-refractivity contribution < 1.29 is 13.6 Å². The van der Waals surface area contributed by atoms with E-state index < -0.39 is 11.6 Å². The van der Waals surface area contributed by atoms with Crippen LogP contribution in [0.5, 0.6) is 0 Å². The third kappa shape index (κ3) is 3.55. The van der Waals surface area contributed by atoms with Gasteiger partial charge in [-0.15, -0.1) is 22.7 Å². The summed E-state index contributed by atoms with van der Waals surface area (Å²) in [4.78, 5) is 19.8. The van der Waals surface area contributed by atoms with Crippen LogP contribution in [0.25, 0.3) is 21.3 Å². The number of amides is 1. The molecule has 31 heavy (non-hydrogen) atoms. The Balaban J connectivity index is 1.60. The number of rotatable bonds is 4. The number of nitrogens with zero attached hydrogens (tertiary/aromatic N) is 1. The summed E-state index contributed by atoms with van der Waals surface area (Å²) >= 11 is 3.08. The number of hydrogen-bond donors (Lipinski definition) is 1. The van der Waals surface area contributed by atoms with Gasteiger partial charge in [-0.2, -0.15) is 0 Å². The van der Waals surface area contributed by atoms with Gasteiger partial charge in [0.1, 0.15) is 11.6 Å². The first kappa shape index (κ1) is 20.3. The summed E-state index contributed by atoms with van der Waals surface area (Å²) in [5.74, 6) is -1.31. The maximum absolute atomic E-state index is 13.9. The molecule has 0 saturated carbocycles. The van der Waals surface area contributed by atoms with E-state index in [0.717, 1.165) is 34.7 Å². The fraction of sp³-hybridized carbons (Fsp3) is 0.250. The number of hydrogen-bond acceptors (Lipinski definition) is 4. The SMILES string of the molecule is CC(C)c1c(C(=O)N[C@H]2CCc3sccc32)sc2c(-c3cc(F)cc(F)c3)ccnc12. The van der Waals surface area contributed by atoms with Crippen LogP contribution in [0.3, 0.4) is 0 Å². The minimum absolute atomic E-state index is 0.0173. The average Bonchev–Trinajstić information content (AvgIpc) is 3.41. The Hall–Kier alpha value is -2.64. The lowest BCUT2D eigenvalue weighted by molar-refractivity contribution is 0.0939. The molecule has 1 N–H and O–H groups in total. The molecule has 1 amide bonds. The lowest BCUT2D eigenvalue weighted by Crippen LogP contribution is -2.27. The molecule has 0 aliphatic heterocycles. The van der Waals surface area contributed by atoms with E-state index in [9.17, 15) is 13.6 Å². The van der Waals surface area contributed by atoms with Crippen LogP contribution in [0.15, 0.2) is 41.9 Å². The van der Waals surface area contributed by atoms with E-state index in [4.69, 9.17) is 0 Å². The molecule has 3 aromatic heterocycles. The van der Waals surface area contributed by atoms with Crippen LogP contribution < -0.4 is 5.32 Å². The van der Waals surface area contributed by atoms with Crippen LogP contribution in [0.2, 0.25) is 0 Å². The van der Waals surface area contributed by atoms with Crippen molar-refractivity contribution in [2.24, 2.45) is 0 Å². The number of carbonyl (C=O) groups is 1. The summed E-state index contributed by atoms with van der Waals surface area (Å²) in [5, 5.41) is 5.27. The van der Waals surface area contributed by atoms with Gasteiger partial charge in [-0.05, 0) is 59.5 Å². The van der Waals surface area contributed by atoms with Gasteiger partial charge in [0.25, 0.3) is 5.91 Å². The molecule has 7 heteroatoms. The molecular formula is C24H20F2N2OS2. The smallest absolute Gasteiger partial charge is 0.262 e. The standard InChI is InChI=1S/C24H20F2N2OS2/c1-12(2)20-21-22(16(5-7-27-21)13-9-14(25)11-15(26)10-13)31-23(20)24(29)28-18-3-4-19-17(18)6-8-30-19/h5-12,18H,3-4H2,1-2H3,(H,28,29)/t18-/m0/s1. The molecule has 0 radical (unpaired) electrons. The largest absolute Gasteiger partial charge is 0.344 e. The van der Waals surface area contributed by atoms with Crippen LogP contribution in [-0.4, -0.2) is 10.9 Å². The van der Waals surface area contributed by atoms with E-state index in [1.807, 2.05) is 13.8 Å². The summed E-state index contributed by atoms with van der Waals surface area (Å²) in [6.07, 6.45) is 3.52. The van der Waals surface area contributed by atoms with Crippen molar-refractivity contribution in [2.75, 3.05) is 0 Å². The van der Waals surface area contributed by atoms with E-state index in [2.05, 4.69) is 21.7 Å². The van der Waals surface area contributed by atoms with Crippen LogP contribution >= 0.6 is 22.7 Å². The number of carbonyl (C=O) groups excluding carboxylic acids is 1. The lowest BCUT2D eigenvalue weighted by atomic mass is 9.99. The van der Waals surface area contributed by atoms with Crippen molar-refractivity contribution in [2.45, 2.75) is 38.6 Å². The van der Waals surface area contributed by atoms with Crippen molar-refractivity contribution in [3.05, 3.63) is 74.4 Å². The number of halogens is 2. The fourth-order valence-corrected chi connectivity index (χ4v) is 6.63. The third-order valence-electron chi connectivity index (χ3n) is 5.69. The number of aryl methyl sites for hydroxylation is 1. The molecule has 0 spiro atoms. The quantitative estimate of drug-likeness (QED) is 0.367. The van der Waals surface area contributed by atoms with Crippen molar-refractivity contribution in [3.63, 3.8) is 0 Å². The summed E-state index contributed by atoms with van der Waals surface area (Å²) in [6, 6.07) is 7.32. The molecule has 3 heterocycles. The van der Waals surface area contributed by atoms with Crippen molar-refractivity contribution in [3.8, 4) is 11.1 Å². The zero-order valence-electron chi connectivity index (χ0n) is 17.0. The number of benzene rings is 1. The predicted molar refractivity (Wildman–Crippen MR) is 122 cm³/mol. The van der Waals surface area contributed by atoms with Gasteiger partial charge in [0, 0.05) is 28.3 Å². The van der Waals surface area contributed by atoms with Gasteiger partial charge in [-0.3, -0.25) is 9.78 Å². The summed E-state index contributed by atoms with van der Waals surface area (Å²) in [5.41, 5.74) is 3.91. The minimum atomic E-state index is -0.633. The molecule has 1 atom stereocenters. The number of aromatic nitrogens is 1. The molecule has 158 valence electrons. The number of nitrogens with one attached hydrogen (secondary N) is 1. The maximum Gasteiger partial charge on any atom is 0.262 e.